The maximum Gasteiger partial charge on any atom is 0.264 e. The zero-order valence-electron chi connectivity index (χ0n) is 11.4. The lowest BCUT2D eigenvalue weighted by molar-refractivity contribution is -0.139. The summed E-state index contributed by atoms with van der Waals surface area (Å²) in [6.45, 7) is 3.94. The highest BCUT2D eigenvalue weighted by Crippen LogP contribution is 2.38. The van der Waals surface area contributed by atoms with Gasteiger partial charge in [-0.25, -0.2) is 0 Å². The van der Waals surface area contributed by atoms with Crippen LogP contribution >= 0.6 is 0 Å². The summed E-state index contributed by atoms with van der Waals surface area (Å²) >= 11 is 0. The molecule has 2 aliphatic rings. The molecule has 1 amide bonds. The third kappa shape index (κ3) is 2.10. The van der Waals surface area contributed by atoms with Gasteiger partial charge in [-0.1, -0.05) is 25.1 Å². The third-order valence-electron chi connectivity index (χ3n) is 4.29. The highest BCUT2D eigenvalue weighted by Gasteiger charge is 2.39. The van der Waals surface area contributed by atoms with Crippen LogP contribution in [0.2, 0.25) is 0 Å². The standard InChI is InChI=1S/C15H20N2O2/c1-10-12-5-3-4-6-13(12)19-14(10)15(18)17(2)11-7-8-16-9-11/h3-6,10-11,14,16H,7-9H2,1-2H3. The molecule has 2 aliphatic heterocycles. The molecule has 2 heterocycles. The summed E-state index contributed by atoms with van der Waals surface area (Å²) in [6, 6.07) is 8.23. The fourth-order valence-electron chi connectivity index (χ4n) is 2.98. The van der Waals surface area contributed by atoms with E-state index >= 15 is 0 Å². The molecule has 0 aliphatic carbocycles. The van der Waals surface area contributed by atoms with Crippen molar-refractivity contribution in [2.75, 3.05) is 20.1 Å². The number of likely N-dealkylation sites (N-methyl/N-ethyl adjacent to an activating group) is 1. The van der Waals surface area contributed by atoms with E-state index in [1.165, 1.54) is 0 Å². The molecule has 3 unspecified atom stereocenters. The summed E-state index contributed by atoms with van der Waals surface area (Å²) in [5.41, 5.74) is 1.14. The highest BCUT2D eigenvalue weighted by atomic mass is 16.5. The Morgan fingerprint density at radius 1 is 1.42 bits per heavy atom. The first-order valence-corrected chi connectivity index (χ1v) is 6.91. The van der Waals surface area contributed by atoms with E-state index in [0.29, 0.717) is 6.04 Å². The molecule has 1 saturated heterocycles. The minimum Gasteiger partial charge on any atom is -0.480 e. The van der Waals surface area contributed by atoms with Crippen LogP contribution in [0.25, 0.3) is 0 Å². The Morgan fingerprint density at radius 3 is 2.89 bits per heavy atom. The van der Waals surface area contributed by atoms with Gasteiger partial charge in [0.15, 0.2) is 6.10 Å². The molecule has 3 rings (SSSR count). The summed E-state index contributed by atoms with van der Waals surface area (Å²) in [5.74, 6) is 1.07. The number of hydrogen-bond donors (Lipinski definition) is 1. The number of benzene rings is 1. The number of hydrogen-bond acceptors (Lipinski definition) is 3. The smallest absolute Gasteiger partial charge is 0.264 e. The lowest BCUT2D eigenvalue weighted by atomic mass is 9.96. The summed E-state index contributed by atoms with van der Waals surface area (Å²) < 4.78 is 5.85. The second kappa shape index (κ2) is 4.85. The van der Waals surface area contributed by atoms with E-state index in [2.05, 4.69) is 12.2 Å². The van der Waals surface area contributed by atoms with Crippen LogP contribution in [-0.2, 0) is 4.79 Å². The number of carbonyl (C=O) groups excluding carboxylic acids is 1. The molecule has 1 N–H and O–H groups in total. The van der Waals surface area contributed by atoms with Gasteiger partial charge in [-0.3, -0.25) is 4.79 Å². The molecular formula is C15H20N2O2. The SMILES string of the molecule is CC1c2ccccc2OC1C(=O)N(C)C1CCNC1. The molecule has 3 atom stereocenters. The Bertz CT molecular complexity index is 483. The summed E-state index contributed by atoms with van der Waals surface area (Å²) in [6.07, 6.45) is 0.652. The molecule has 0 spiro atoms. The van der Waals surface area contributed by atoms with Gasteiger partial charge in [-0.2, -0.15) is 0 Å². The van der Waals surface area contributed by atoms with Gasteiger partial charge < -0.3 is 15.0 Å². The number of carbonyl (C=O) groups is 1. The minimum atomic E-state index is -0.372. The van der Waals surface area contributed by atoms with Crippen LogP contribution in [0.4, 0.5) is 0 Å². The summed E-state index contributed by atoms with van der Waals surface area (Å²) in [5, 5.41) is 3.29. The third-order valence-corrected chi connectivity index (χ3v) is 4.29. The Morgan fingerprint density at radius 2 is 2.21 bits per heavy atom. The first-order chi connectivity index (χ1) is 9.18. The van der Waals surface area contributed by atoms with Crippen molar-refractivity contribution in [3.05, 3.63) is 29.8 Å². The molecule has 0 aromatic heterocycles. The van der Waals surface area contributed by atoms with E-state index in [9.17, 15) is 4.79 Å². The Kier molecular flexibility index (Phi) is 3.19. The van der Waals surface area contributed by atoms with E-state index < -0.39 is 0 Å². The van der Waals surface area contributed by atoms with Crippen molar-refractivity contribution >= 4 is 5.91 Å². The molecule has 1 fully saturated rings. The number of ether oxygens (including phenoxy) is 1. The number of fused-ring (bicyclic) bond motifs is 1. The van der Waals surface area contributed by atoms with Crippen LogP contribution in [0.1, 0.15) is 24.8 Å². The van der Waals surface area contributed by atoms with Crippen LogP contribution in [0.5, 0.6) is 5.75 Å². The van der Waals surface area contributed by atoms with Gasteiger partial charge in [0.2, 0.25) is 0 Å². The van der Waals surface area contributed by atoms with E-state index in [1.54, 1.807) is 0 Å². The molecule has 0 saturated carbocycles. The van der Waals surface area contributed by atoms with Crippen molar-refractivity contribution in [3.63, 3.8) is 0 Å². The van der Waals surface area contributed by atoms with Crippen LogP contribution in [-0.4, -0.2) is 43.1 Å². The van der Waals surface area contributed by atoms with Crippen LogP contribution in [0, 0.1) is 0 Å². The number of nitrogens with zero attached hydrogens (tertiary/aromatic N) is 1. The molecular weight excluding hydrogens is 240 g/mol. The fourth-order valence-corrected chi connectivity index (χ4v) is 2.98. The Labute approximate surface area is 113 Å². The highest BCUT2D eigenvalue weighted by molar-refractivity contribution is 5.83. The van der Waals surface area contributed by atoms with Crippen molar-refractivity contribution in [1.82, 2.24) is 10.2 Å². The van der Waals surface area contributed by atoms with E-state index in [1.807, 2.05) is 36.2 Å². The number of nitrogens with one attached hydrogen (secondary N) is 1. The fraction of sp³-hybridized carbons (Fsp3) is 0.533. The van der Waals surface area contributed by atoms with Gasteiger partial charge >= 0.3 is 0 Å². The molecule has 102 valence electrons. The molecule has 4 nitrogen and oxygen atoms in total. The predicted molar refractivity (Wildman–Crippen MR) is 73.3 cm³/mol. The van der Waals surface area contributed by atoms with E-state index in [0.717, 1.165) is 30.8 Å². The van der Waals surface area contributed by atoms with Crippen molar-refractivity contribution in [1.29, 1.82) is 0 Å². The minimum absolute atomic E-state index is 0.0948. The van der Waals surface area contributed by atoms with E-state index in [-0.39, 0.29) is 17.9 Å². The van der Waals surface area contributed by atoms with Crippen molar-refractivity contribution < 1.29 is 9.53 Å². The average Bonchev–Trinajstić information content (AvgIpc) is 3.06. The van der Waals surface area contributed by atoms with Crippen molar-refractivity contribution in [2.45, 2.75) is 31.4 Å². The lowest BCUT2D eigenvalue weighted by Crippen LogP contribution is -2.46. The Balaban J connectivity index is 1.75. The number of para-hydroxylation sites is 1. The molecule has 0 radical (unpaired) electrons. The monoisotopic (exact) mass is 260 g/mol. The second-order valence-corrected chi connectivity index (χ2v) is 5.46. The quantitative estimate of drug-likeness (QED) is 0.873. The molecule has 1 aromatic carbocycles. The second-order valence-electron chi connectivity index (χ2n) is 5.46. The van der Waals surface area contributed by atoms with Crippen LogP contribution in [0.15, 0.2) is 24.3 Å². The van der Waals surface area contributed by atoms with Gasteiger partial charge in [0.1, 0.15) is 5.75 Å². The predicted octanol–water partition coefficient (Wildman–Crippen LogP) is 1.37. The molecule has 19 heavy (non-hydrogen) atoms. The van der Waals surface area contributed by atoms with Crippen LogP contribution in [0.3, 0.4) is 0 Å². The maximum atomic E-state index is 12.6. The van der Waals surface area contributed by atoms with Gasteiger partial charge in [-0.15, -0.1) is 0 Å². The summed E-state index contributed by atoms with van der Waals surface area (Å²) in [4.78, 5) is 14.4. The number of amides is 1. The first kappa shape index (κ1) is 12.5. The van der Waals surface area contributed by atoms with Crippen molar-refractivity contribution in [2.24, 2.45) is 0 Å². The van der Waals surface area contributed by atoms with Crippen molar-refractivity contribution in [3.8, 4) is 5.75 Å². The van der Waals surface area contributed by atoms with Crippen LogP contribution < -0.4 is 10.1 Å². The molecule has 0 bridgehead atoms. The average molecular weight is 260 g/mol. The molecule has 4 heteroatoms. The Hall–Kier alpha value is -1.55. The number of rotatable bonds is 2. The largest absolute Gasteiger partial charge is 0.480 e. The lowest BCUT2D eigenvalue weighted by Gasteiger charge is -2.27. The normalized spacial score (nSPS) is 28.8. The maximum absolute atomic E-state index is 12.6. The first-order valence-electron chi connectivity index (χ1n) is 6.91. The zero-order chi connectivity index (χ0) is 13.4. The van der Waals surface area contributed by atoms with Gasteiger partial charge in [0.05, 0.1) is 0 Å². The zero-order valence-corrected chi connectivity index (χ0v) is 11.4. The van der Waals surface area contributed by atoms with Gasteiger partial charge in [0.25, 0.3) is 5.91 Å². The topological polar surface area (TPSA) is 41.6 Å². The van der Waals surface area contributed by atoms with Gasteiger partial charge in [0, 0.05) is 31.1 Å². The summed E-state index contributed by atoms with van der Waals surface area (Å²) in [7, 11) is 1.89. The van der Waals surface area contributed by atoms with E-state index in [4.69, 9.17) is 4.74 Å². The molecule has 1 aromatic rings. The van der Waals surface area contributed by atoms with Gasteiger partial charge in [-0.05, 0) is 19.0 Å².